The zero-order chi connectivity index (χ0) is 16.2. The highest BCUT2D eigenvalue weighted by atomic mass is 16.5. The molecule has 1 N–H and O–H groups in total. The van der Waals surface area contributed by atoms with Crippen molar-refractivity contribution < 1.29 is 14.3 Å². The summed E-state index contributed by atoms with van der Waals surface area (Å²) in [7, 11) is 1.59. The van der Waals surface area contributed by atoms with E-state index in [-0.39, 0.29) is 18.5 Å². The third-order valence-electron chi connectivity index (χ3n) is 3.86. The van der Waals surface area contributed by atoms with Gasteiger partial charge < -0.3 is 10.1 Å². The van der Waals surface area contributed by atoms with Gasteiger partial charge >= 0.3 is 6.03 Å². The predicted octanol–water partition coefficient (Wildman–Crippen LogP) is 2.36. The predicted molar refractivity (Wildman–Crippen MR) is 86.0 cm³/mol. The lowest BCUT2D eigenvalue weighted by atomic mass is 10.1. The molecular formula is C18H18N2O3. The van der Waals surface area contributed by atoms with Gasteiger partial charge in [0.1, 0.15) is 11.8 Å². The Kier molecular flexibility index (Phi) is 4.28. The van der Waals surface area contributed by atoms with E-state index >= 15 is 0 Å². The third-order valence-corrected chi connectivity index (χ3v) is 3.86. The van der Waals surface area contributed by atoms with Gasteiger partial charge in [0.2, 0.25) is 0 Å². The Hall–Kier alpha value is -2.82. The van der Waals surface area contributed by atoms with E-state index in [9.17, 15) is 9.59 Å². The molecule has 0 saturated carbocycles. The molecule has 1 heterocycles. The lowest BCUT2D eigenvalue weighted by Crippen LogP contribution is -2.32. The van der Waals surface area contributed by atoms with Gasteiger partial charge in [0.05, 0.1) is 13.7 Å². The zero-order valence-electron chi connectivity index (χ0n) is 12.9. The molecule has 2 aromatic carbocycles. The highest BCUT2D eigenvalue weighted by molar-refractivity contribution is 6.04. The van der Waals surface area contributed by atoms with Gasteiger partial charge in [0, 0.05) is 6.42 Å². The van der Waals surface area contributed by atoms with E-state index in [2.05, 4.69) is 5.32 Å². The fraction of sp³-hybridized carbons (Fsp3) is 0.222. The maximum Gasteiger partial charge on any atom is 0.325 e. The van der Waals surface area contributed by atoms with E-state index in [0.29, 0.717) is 12.2 Å². The summed E-state index contributed by atoms with van der Waals surface area (Å²) in [6.07, 6.45) is 0.500. The van der Waals surface area contributed by atoms with Crippen molar-refractivity contribution in [3.05, 3.63) is 65.7 Å². The van der Waals surface area contributed by atoms with Crippen LogP contribution in [0.1, 0.15) is 11.1 Å². The summed E-state index contributed by atoms with van der Waals surface area (Å²) in [5.74, 6) is 0.511. The van der Waals surface area contributed by atoms with Crippen LogP contribution >= 0.6 is 0 Å². The lowest BCUT2D eigenvalue weighted by Gasteiger charge is -2.13. The first-order valence-electron chi connectivity index (χ1n) is 7.46. The molecular weight excluding hydrogens is 292 g/mol. The molecule has 5 nitrogen and oxygen atoms in total. The Labute approximate surface area is 134 Å². The number of benzene rings is 2. The normalized spacial score (nSPS) is 17.3. The summed E-state index contributed by atoms with van der Waals surface area (Å²) in [5.41, 5.74) is 1.88. The standard InChI is InChI=1S/C18H18N2O3/c1-23-15-9-5-8-14(10-15)12-20-17(21)16(19-18(20)22)11-13-6-3-2-4-7-13/h2-10,16H,11-12H2,1H3,(H,19,22). The van der Waals surface area contributed by atoms with Crippen molar-refractivity contribution in [1.29, 1.82) is 0 Å². The van der Waals surface area contributed by atoms with Gasteiger partial charge in [-0.1, -0.05) is 42.5 Å². The van der Waals surface area contributed by atoms with Crippen LogP contribution in [0.4, 0.5) is 4.79 Å². The molecule has 5 heteroatoms. The highest BCUT2D eigenvalue weighted by Crippen LogP contribution is 2.18. The average molecular weight is 310 g/mol. The summed E-state index contributed by atoms with van der Waals surface area (Å²) < 4.78 is 5.17. The van der Waals surface area contributed by atoms with Gasteiger partial charge in [-0.15, -0.1) is 0 Å². The van der Waals surface area contributed by atoms with Crippen molar-refractivity contribution in [3.8, 4) is 5.75 Å². The van der Waals surface area contributed by atoms with Crippen molar-refractivity contribution in [2.45, 2.75) is 19.0 Å². The van der Waals surface area contributed by atoms with Crippen molar-refractivity contribution in [2.24, 2.45) is 0 Å². The molecule has 2 aromatic rings. The van der Waals surface area contributed by atoms with Crippen molar-refractivity contribution in [2.75, 3.05) is 7.11 Å². The molecule has 1 saturated heterocycles. The Balaban J connectivity index is 1.71. The van der Waals surface area contributed by atoms with Gasteiger partial charge in [0.15, 0.2) is 0 Å². The van der Waals surface area contributed by atoms with Gasteiger partial charge in [-0.25, -0.2) is 4.79 Å². The maximum atomic E-state index is 12.5. The Morgan fingerprint density at radius 3 is 2.52 bits per heavy atom. The molecule has 1 atom stereocenters. The van der Waals surface area contributed by atoms with Gasteiger partial charge in [-0.2, -0.15) is 0 Å². The summed E-state index contributed by atoms with van der Waals surface area (Å²) in [5, 5.41) is 2.76. The first-order chi connectivity index (χ1) is 11.2. The molecule has 0 radical (unpaired) electrons. The number of rotatable bonds is 5. The summed E-state index contributed by atoms with van der Waals surface area (Å²) >= 11 is 0. The Morgan fingerprint density at radius 1 is 1.04 bits per heavy atom. The number of amides is 3. The molecule has 3 rings (SSSR count). The minimum absolute atomic E-state index is 0.193. The maximum absolute atomic E-state index is 12.5. The quantitative estimate of drug-likeness (QED) is 0.863. The van der Waals surface area contributed by atoms with E-state index in [1.165, 1.54) is 4.90 Å². The van der Waals surface area contributed by atoms with Crippen LogP contribution < -0.4 is 10.1 Å². The molecule has 1 fully saturated rings. The second kappa shape index (κ2) is 6.52. The second-order valence-corrected chi connectivity index (χ2v) is 5.47. The van der Waals surface area contributed by atoms with E-state index < -0.39 is 6.04 Å². The van der Waals surface area contributed by atoms with Gasteiger partial charge in [-0.05, 0) is 23.3 Å². The molecule has 1 aliphatic rings. The van der Waals surface area contributed by atoms with Crippen LogP contribution in [-0.2, 0) is 17.8 Å². The number of hydrogen-bond acceptors (Lipinski definition) is 3. The number of imide groups is 1. The first-order valence-corrected chi connectivity index (χ1v) is 7.46. The van der Waals surface area contributed by atoms with Crippen LogP contribution in [0.3, 0.4) is 0 Å². The van der Waals surface area contributed by atoms with Gasteiger partial charge in [-0.3, -0.25) is 9.69 Å². The van der Waals surface area contributed by atoms with Gasteiger partial charge in [0.25, 0.3) is 5.91 Å². The Bertz CT molecular complexity index is 715. The zero-order valence-corrected chi connectivity index (χ0v) is 12.9. The number of carbonyl (C=O) groups excluding carboxylic acids is 2. The number of carbonyl (C=O) groups is 2. The lowest BCUT2D eigenvalue weighted by molar-refractivity contribution is -0.127. The number of urea groups is 1. The van der Waals surface area contributed by atoms with Crippen LogP contribution in [0.15, 0.2) is 54.6 Å². The number of ether oxygens (including phenoxy) is 1. The van der Waals surface area contributed by atoms with Crippen LogP contribution in [0.2, 0.25) is 0 Å². The average Bonchev–Trinajstić information content (AvgIpc) is 2.83. The van der Waals surface area contributed by atoms with E-state index in [1.54, 1.807) is 7.11 Å². The molecule has 1 unspecified atom stereocenters. The smallest absolute Gasteiger partial charge is 0.325 e. The fourth-order valence-corrected chi connectivity index (χ4v) is 2.67. The van der Waals surface area contributed by atoms with Crippen molar-refractivity contribution >= 4 is 11.9 Å². The van der Waals surface area contributed by atoms with Crippen LogP contribution in [0.5, 0.6) is 5.75 Å². The van der Waals surface area contributed by atoms with Crippen molar-refractivity contribution in [3.63, 3.8) is 0 Å². The number of nitrogens with zero attached hydrogens (tertiary/aromatic N) is 1. The summed E-state index contributed by atoms with van der Waals surface area (Å²) in [4.78, 5) is 25.8. The third kappa shape index (κ3) is 3.34. The summed E-state index contributed by atoms with van der Waals surface area (Å²) in [6, 6.07) is 16.2. The molecule has 0 aliphatic carbocycles. The van der Waals surface area contributed by atoms with Crippen LogP contribution in [0, 0.1) is 0 Å². The molecule has 1 aliphatic heterocycles. The fourth-order valence-electron chi connectivity index (χ4n) is 2.67. The highest BCUT2D eigenvalue weighted by Gasteiger charge is 2.37. The van der Waals surface area contributed by atoms with Crippen LogP contribution in [-0.4, -0.2) is 30.0 Å². The minimum Gasteiger partial charge on any atom is -0.497 e. The SMILES string of the molecule is COc1cccc(CN2C(=O)NC(Cc3ccccc3)C2=O)c1. The monoisotopic (exact) mass is 310 g/mol. The number of methoxy groups -OCH3 is 1. The topological polar surface area (TPSA) is 58.6 Å². The largest absolute Gasteiger partial charge is 0.497 e. The molecule has 0 aromatic heterocycles. The van der Waals surface area contributed by atoms with E-state index in [4.69, 9.17) is 4.74 Å². The van der Waals surface area contributed by atoms with E-state index in [1.807, 2.05) is 54.6 Å². The van der Waals surface area contributed by atoms with Crippen molar-refractivity contribution in [1.82, 2.24) is 10.2 Å². The van der Waals surface area contributed by atoms with E-state index in [0.717, 1.165) is 11.1 Å². The molecule has 23 heavy (non-hydrogen) atoms. The molecule has 0 spiro atoms. The molecule has 3 amide bonds. The van der Waals surface area contributed by atoms with Crippen LogP contribution in [0.25, 0.3) is 0 Å². The Morgan fingerprint density at radius 2 is 1.78 bits per heavy atom. The summed E-state index contributed by atoms with van der Waals surface area (Å²) in [6.45, 7) is 0.243. The number of nitrogens with one attached hydrogen (secondary N) is 1. The first kappa shape index (κ1) is 15.1. The molecule has 0 bridgehead atoms. The second-order valence-electron chi connectivity index (χ2n) is 5.47. The molecule has 118 valence electrons. The number of hydrogen-bond donors (Lipinski definition) is 1. The minimum atomic E-state index is -0.504.